The van der Waals surface area contributed by atoms with Crippen molar-refractivity contribution in [1.29, 1.82) is 0 Å². The maximum Gasteiger partial charge on any atom is 0.254 e. The summed E-state index contributed by atoms with van der Waals surface area (Å²) in [6.45, 7) is 6.95. The number of benzene rings is 1. The molecular weight excluding hydrogens is 355 g/mol. The van der Waals surface area contributed by atoms with Gasteiger partial charge in [-0.2, -0.15) is 5.10 Å². The lowest BCUT2D eigenvalue weighted by molar-refractivity contribution is 0.281. The fourth-order valence-corrected chi connectivity index (χ4v) is 8.07. The molecule has 0 aliphatic heterocycles. The van der Waals surface area contributed by atoms with Crippen LogP contribution in [0.25, 0.3) is 0 Å². The van der Waals surface area contributed by atoms with Crippen molar-refractivity contribution in [1.82, 2.24) is 0 Å². The predicted molar refractivity (Wildman–Crippen MR) is 105 cm³/mol. The van der Waals surface area contributed by atoms with Crippen LogP contribution < -0.4 is 0 Å². The molecule has 0 N–H and O–H groups in total. The Balaban J connectivity index is 2.80. The van der Waals surface area contributed by atoms with E-state index in [-0.39, 0.29) is 0 Å². The molecule has 0 amide bonds. The lowest BCUT2D eigenvalue weighted by atomic mass is 10.2. The van der Waals surface area contributed by atoms with Crippen LogP contribution in [-0.4, -0.2) is 29.6 Å². The van der Waals surface area contributed by atoms with Crippen LogP contribution in [0.5, 0.6) is 0 Å². The Morgan fingerprint density at radius 3 is 2.36 bits per heavy atom. The third-order valence-corrected chi connectivity index (χ3v) is 8.50. The highest BCUT2D eigenvalue weighted by Crippen LogP contribution is 2.62. The predicted octanol–water partition coefficient (Wildman–Crippen LogP) is 5.16. The zero-order chi connectivity index (χ0) is 16.3. The summed E-state index contributed by atoms with van der Waals surface area (Å²) in [7, 11) is 0. The summed E-state index contributed by atoms with van der Waals surface area (Å²) in [5.74, 6) is 0.889. The van der Waals surface area contributed by atoms with Gasteiger partial charge < -0.3 is 9.05 Å². The molecule has 0 saturated heterocycles. The van der Waals surface area contributed by atoms with Crippen molar-refractivity contribution in [3.8, 4) is 0 Å². The Kier molecular flexibility index (Phi) is 10.3. The molecule has 1 rings (SSSR count). The van der Waals surface area contributed by atoms with E-state index in [4.69, 9.17) is 20.9 Å². The van der Waals surface area contributed by atoms with Crippen molar-refractivity contribution in [3.63, 3.8) is 0 Å². The average Bonchev–Trinajstić information content (AvgIpc) is 2.49. The van der Waals surface area contributed by atoms with E-state index in [1.165, 1.54) is 11.4 Å². The zero-order valence-electron chi connectivity index (χ0n) is 13.0. The smallest absolute Gasteiger partial charge is 0.254 e. The third-order valence-electron chi connectivity index (χ3n) is 2.18. The third kappa shape index (κ3) is 7.90. The van der Waals surface area contributed by atoms with Crippen LogP contribution in [-0.2, 0) is 20.9 Å². The second kappa shape index (κ2) is 11.4. The first kappa shape index (κ1) is 19.9. The van der Waals surface area contributed by atoms with Gasteiger partial charge in [-0.25, -0.2) is 0 Å². The van der Waals surface area contributed by atoms with Gasteiger partial charge in [-0.1, -0.05) is 49.0 Å². The van der Waals surface area contributed by atoms with E-state index in [1.54, 1.807) is 18.0 Å². The summed E-state index contributed by atoms with van der Waals surface area (Å²) in [6.07, 6.45) is 1.72. The van der Waals surface area contributed by atoms with Crippen LogP contribution in [0.2, 0.25) is 0 Å². The van der Waals surface area contributed by atoms with Crippen LogP contribution in [0.3, 0.4) is 0 Å². The first-order valence-corrected chi connectivity index (χ1v) is 12.1. The minimum atomic E-state index is -2.39. The summed E-state index contributed by atoms with van der Waals surface area (Å²) in [6, 6.07) is 9.85. The van der Waals surface area contributed by atoms with E-state index in [0.29, 0.717) is 13.2 Å². The molecule has 0 atom stereocenters. The molecule has 0 radical (unpaired) electrons. The molecule has 8 heteroatoms. The number of thioether (sulfide) groups is 1. The summed E-state index contributed by atoms with van der Waals surface area (Å²) in [5.41, 5.74) is -1.39. The monoisotopic (exact) mass is 376 g/mol. The average molecular weight is 377 g/mol. The Hall–Kier alpha value is -0.170. The molecule has 0 aromatic heterocycles. The summed E-state index contributed by atoms with van der Waals surface area (Å²) < 4.78 is 12.0. The van der Waals surface area contributed by atoms with Gasteiger partial charge in [0.15, 0.2) is 4.38 Å². The molecule has 1 aromatic carbocycles. The van der Waals surface area contributed by atoms with Crippen molar-refractivity contribution in [2.45, 2.75) is 20.8 Å². The van der Waals surface area contributed by atoms with Gasteiger partial charge in [-0.15, -0.1) is 5.10 Å². The Labute approximate surface area is 146 Å². The van der Waals surface area contributed by atoms with Crippen molar-refractivity contribution in [3.05, 3.63) is 35.9 Å². The van der Waals surface area contributed by atoms with E-state index in [9.17, 15) is 0 Å². The van der Waals surface area contributed by atoms with E-state index in [0.717, 1.165) is 15.7 Å². The quantitative estimate of drug-likeness (QED) is 0.271. The molecular formula is C14H21N2O2PS3. The Bertz CT molecular complexity index is 528. The number of rotatable bonds is 8. The molecule has 0 bridgehead atoms. The first-order valence-electron chi connectivity index (χ1n) is 7.01. The summed E-state index contributed by atoms with van der Waals surface area (Å²) in [5, 5.41) is 8.42. The van der Waals surface area contributed by atoms with Crippen LogP contribution in [0.1, 0.15) is 26.3 Å². The van der Waals surface area contributed by atoms with Crippen molar-refractivity contribution < 1.29 is 9.05 Å². The fraction of sp³-hybridized carbons (Fsp3) is 0.429. The first-order chi connectivity index (χ1) is 10.6. The molecule has 0 aliphatic carbocycles. The Morgan fingerprint density at radius 1 is 1.18 bits per heavy atom. The van der Waals surface area contributed by atoms with E-state index < -0.39 is 5.69 Å². The highest BCUT2D eigenvalue weighted by atomic mass is 32.9. The van der Waals surface area contributed by atoms with E-state index in [1.807, 2.05) is 44.2 Å². The Morgan fingerprint density at radius 2 is 1.82 bits per heavy atom. The van der Waals surface area contributed by atoms with E-state index in [2.05, 4.69) is 17.1 Å². The molecule has 0 saturated carbocycles. The fourth-order valence-electron chi connectivity index (χ4n) is 1.38. The standard InChI is InChI=1S/C14H21N2O2PS3/c1-4-17-19(20,18-5-2)22-14(21-6-3)16-15-12-13-10-8-7-9-11-13/h7-12H,4-6H2,1-3H3/b15-12+,16-14-. The molecule has 1 aromatic rings. The highest BCUT2D eigenvalue weighted by Gasteiger charge is 2.22. The molecule has 22 heavy (non-hydrogen) atoms. The minimum Gasteiger partial charge on any atom is -0.322 e. The summed E-state index contributed by atoms with van der Waals surface area (Å²) in [4.78, 5) is 0. The molecule has 4 nitrogen and oxygen atoms in total. The number of hydrogen-bond donors (Lipinski definition) is 0. The molecule has 122 valence electrons. The van der Waals surface area contributed by atoms with Crippen LogP contribution >= 0.6 is 28.8 Å². The normalized spacial score (nSPS) is 13.0. The van der Waals surface area contributed by atoms with Gasteiger partial charge >= 0.3 is 0 Å². The largest absolute Gasteiger partial charge is 0.322 e. The molecule has 0 heterocycles. The maximum atomic E-state index is 5.63. The van der Waals surface area contributed by atoms with Gasteiger partial charge in [-0.05, 0) is 48.4 Å². The lowest BCUT2D eigenvalue weighted by Crippen LogP contribution is -1.95. The molecule has 0 fully saturated rings. The van der Waals surface area contributed by atoms with Crippen molar-refractivity contribution in [2.24, 2.45) is 10.2 Å². The molecule has 0 spiro atoms. The number of hydrogen-bond acceptors (Lipinski definition) is 7. The van der Waals surface area contributed by atoms with Crippen molar-refractivity contribution in [2.75, 3.05) is 19.0 Å². The number of nitrogens with zero attached hydrogens (tertiary/aromatic N) is 2. The second-order valence-electron chi connectivity index (χ2n) is 3.83. The highest BCUT2D eigenvalue weighted by molar-refractivity contribution is 8.78. The van der Waals surface area contributed by atoms with Gasteiger partial charge in [0.2, 0.25) is 0 Å². The summed E-state index contributed by atoms with van der Waals surface area (Å²) >= 11 is 8.49. The van der Waals surface area contributed by atoms with Gasteiger partial charge in [0, 0.05) is 0 Å². The van der Waals surface area contributed by atoms with Gasteiger partial charge in [0.05, 0.1) is 19.4 Å². The van der Waals surface area contributed by atoms with Crippen LogP contribution in [0.4, 0.5) is 0 Å². The van der Waals surface area contributed by atoms with Crippen LogP contribution in [0.15, 0.2) is 40.5 Å². The maximum absolute atomic E-state index is 5.63. The second-order valence-corrected chi connectivity index (χ2v) is 11.4. The lowest BCUT2D eigenvalue weighted by Gasteiger charge is -2.19. The SMILES string of the molecule is CCOP(=S)(OCC)S/C(=N\N=C\c1ccccc1)SCC. The van der Waals surface area contributed by atoms with E-state index >= 15 is 0 Å². The zero-order valence-corrected chi connectivity index (χ0v) is 16.3. The molecule has 0 unspecified atom stereocenters. The molecule has 0 aliphatic rings. The van der Waals surface area contributed by atoms with Gasteiger partial charge in [-0.3, -0.25) is 0 Å². The van der Waals surface area contributed by atoms with Crippen LogP contribution in [0, 0.1) is 0 Å². The van der Waals surface area contributed by atoms with Gasteiger partial charge in [0.25, 0.3) is 5.69 Å². The topological polar surface area (TPSA) is 43.2 Å². The van der Waals surface area contributed by atoms with Gasteiger partial charge in [0.1, 0.15) is 0 Å². The minimum absolute atomic E-state index is 0.529. The van der Waals surface area contributed by atoms with Crippen molar-refractivity contribution >= 4 is 51.2 Å².